The topological polar surface area (TPSA) is 116 Å². The molecule has 11 heteroatoms. The number of esters is 1. The van der Waals surface area contributed by atoms with Crippen LogP contribution in [0.1, 0.15) is 17.5 Å². The van der Waals surface area contributed by atoms with E-state index < -0.39 is 17.3 Å². The van der Waals surface area contributed by atoms with Crippen LogP contribution in [0.15, 0.2) is 69.2 Å². The molecule has 0 radical (unpaired) electrons. The van der Waals surface area contributed by atoms with Crippen LogP contribution in [-0.2, 0) is 29.7 Å². The molecular weight excluding hydrogens is 484 g/mol. The van der Waals surface area contributed by atoms with Gasteiger partial charge in [0, 0.05) is 30.2 Å². The van der Waals surface area contributed by atoms with Crippen molar-refractivity contribution in [2.45, 2.75) is 26.4 Å². The molecule has 0 amide bonds. The lowest BCUT2D eigenvalue weighted by molar-refractivity contribution is -0.140. The number of benzene rings is 2. The van der Waals surface area contributed by atoms with Crippen LogP contribution in [0, 0.1) is 6.92 Å². The number of aromatic nitrogens is 5. The van der Waals surface area contributed by atoms with Crippen LogP contribution in [0.2, 0.25) is 5.02 Å². The van der Waals surface area contributed by atoms with E-state index in [1.807, 2.05) is 43.3 Å². The second-order valence-electron chi connectivity index (χ2n) is 8.22. The number of hydrogen-bond donors (Lipinski definition) is 1. The number of aryl methyl sites for hydroxylation is 2. The molecule has 186 valence electrons. The Balaban J connectivity index is 1.83. The number of aromatic amines is 1. The van der Waals surface area contributed by atoms with Gasteiger partial charge in [-0.15, -0.1) is 0 Å². The molecule has 0 atom stereocenters. The Morgan fingerprint density at radius 2 is 1.78 bits per heavy atom. The minimum atomic E-state index is -0.678. The highest BCUT2D eigenvalue weighted by molar-refractivity contribution is 6.30. The summed E-state index contributed by atoms with van der Waals surface area (Å²) in [5.41, 5.74) is 2.21. The van der Waals surface area contributed by atoms with E-state index in [-0.39, 0.29) is 25.1 Å². The van der Waals surface area contributed by atoms with Crippen molar-refractivity contribution >= 4 is 23.4 Å². The molecule has 2 heterocycles. The Labute approximate surface area is 211 Å². The van der Waals surface area contributed by atoms with Gasteiger partial charge in [-0.05, 0) is 24.6 Å². The highest BCUT2D eigenvalue weighted by Gasteiger charge is 2.13. The Morgan fingerprint density at radius 3 is 2.44 bits per heavy atom. The molecule has 4 aromatic rings. The summed E-state index contributed by atoms with van der Waals surface area (Å²) in [7, 11) is 2.97. The fraction of sp³-hybridized carbons (Fsp3) is 0.240. The molecule has 0 bridgehead atoms. The number of halogens is 1. The van der Waals surface area contributed by atoms with E-state index in [1.54, 1.807) is 29.9 Å². The number of nitrogens with one attached hydrogen (secondary N) is 1. The number of nitrogens with zero attached hydrogens (tertiary/aromatic N) is 5. The normalized spacial score (nSPS) is 11.6. The van der Waals surface area contributed by atoms with E-state index in [0.717, 1.165) is 21.3 Å². The average Bonchev–Trinajstić information content (AvgIpc) is 3.22. The number of H-pyrrole nitrogens is 1. The largest absolute Gasteiger partial charge is 0.469 e. The predicted octanol–water partition coefficient (Wildman–Crippen LogP) is 2.54. The molecule has 0 aliphatic rings. The van der Waals surface area contributed by atoms with Gasteiger partial charge in [0.15, 0.2) is 5.82 Å². The summed E-state index contributed by atoms with van der Waals surface area (Å²) in [5.74, 6) is -0.0928. The standard InChI is InChI=1S/C25H25ClN6O4/c1-16-4-6-17(7-5-16)15-32-23(28-24(34)31(25(32)35)13-12-22(33)36-3)27-21-14-20(29-30(21)2)18-8-10-19(26)11-9-18/h4-11,14H,12-13,15H2,1-3H3,(H,27,28,34). The van der Waals surface area contributed by atoms with E-state index in [0.29, 0.717) is 16.5 Å². The summed E-state index contributed by atoms with van der Waals surface area (Å²) in [6.45, 7) is 2.01. The van der Waals surface area contributed by atoms with Crippen molar-refractivity contribution in [3.8, 4) is 11.3 Å². The first-order chi connectivity index (χ1) is 17.2. The van der Waals surface area contributed by atoms with Crippen LogP contribution in [0.5, 0.6) is 0 Å². The van der Waals surface area contributed by atoms with Crippen molar-refractivity contribution < 1.29 is 9.53 Å². The van der Waals surface area contributed by atoms with Crippen LogP contribution < -0.4 is 17.0 Å². The lowest BCUT2D eigenvalue weighted by Gasteiger charge is -2.11. The summed E-state index contributed by atoms with van der Waals surface area (Å²) in [4.78, 5) is 45.0. The van der Waals surface area contributed by atoms with Gasteiger partial charge in [-0.2, -0.15) is 10.1 Å². The third kappa shape index (κ3) is 5.55. The van der Waals surface area contributed by atoms with Gasteiger partial charge < -0.3 is 4.74 Å². The van der Waals surface area contributed by atoms with Gasteiger partial charge in [0.25, 0.3) is 0 Å². The van der Waals surface area contributed by atoms with Crippen LogP contribution in [0.25, 0.3) is 11.3 Å². The molecule has 4 rings (SSSR count). The van der Waals surface area contributed by atoms with E-state index in [4.69, 9.17) is 11.6 Å². The highest BCUT2D eigenvalue weighted by Crippen LogP contribution is 2.24. The first kappa shape index (κ1) is 24.9. The number of methoxy groups -OCH3 is 1. The molecule has 10 nitrogen and oxygen atoms in total. The first-order valence-electron chi connectivity index (χ1n) is 11.2. The number of carbonyl (C=O) groups is 1. The maximum absolute atomic E-state index is 13.4. The van der Waals surface area contributed by atoms with Gasteiger partial charge in [0.1, 0.15) is 0 Å². The lowest BCUT2D eigenvalue weighted by Crippen LogP contribution is -2.50. The second-order valence-corrected chi connectivity index (χ2v) is 8.65. The summed E-state index contributed by atoms with van der Waals surface area (Å²) in [6, 6.07) is 16.7. The molecule has 2 aromatic carbocycles. The number of ether oxygens (including phenoxy) is 1. The first-order valence-corrected chi connectivity index (χ1v) is 11.5. The van der Waals surface area contributed by atoms with Crippen molar-refractivity contribution in [2.24, 2.45) is 12.0 Å². The summed E-state index contributed by atoms with van der Waals surface area (Å²) in [6.07, 6.45) is -0.118. The van der Waals surface area contributed by atoms with Gasteiger partial charge in [-0.25, -0.2) is 14.2 Å². The fourth-order valence-corrected chi connectivity index (χ4v) is 3.72. The third-order valence-corrected chi connectivity index (χ3v) is 5.88. The third-order valence-electron chi connectivity index (χ3n) is 5.63. The molecule has 0 fully saturated rings. The van der Waals surface area contributed by atoms with Crippen molar-refractivity contribution in [3.05, 3.63) is 97.3 Å². The molecule has 0 unspecified atom stereocenters. The van der Waals surface area contributed by atoms with Crippen molar-refractivity contribution in [1.82, 2.24) is 23.9 Å². The van der Waals surface area contributed by atoms with E-state index in [9.17, 15) is 14.4 Å². The van der Waals surface area contributed by atoms with Gasteiger partial charge in [0.2, 0.25) is 5.62 Å². The zero-order valence-electron chi connectivity index (χ0n) is 20.1. The van der Waals surface area contributed by atoms with Gasteiger partial charge in [-0.3, -0.25) is 19.0 Å². The van der Waals surface area contributed by atoms with Crippen molar-refractivity contribution in [3.63, 3.8) is 0 Å². The molecule has 1 N–H and O–H groups in total. The monoisotopic (exact) mass is 508 g/mol. The minimum absolute atomic E-state index is 0.0607. The zero-order valence-corrected chi connectivity index (χ0v) is 20.8. The van der Waals surface area contributed by atoms with Gasteiger partial charge >= 0.3 is 17.3 Å². The molecule has 36 heavy (non-hydrogen) atoms. The van der Waals surface area contributed by atoms with E-state index in [2.05, 4.69) is 19.8 Å². The van der Waals surface area contributed by atoms with E-state index >= 15 is 0 Å². The van der Waals surface area contributed by atoms with Crippen LogP contribution >= 0.6 is 11.6 Å². The Hall–Kier alpha value is -4.18. The quantitative estimate of drug-likeness (QED) is 0.385. The van der Waals surface area contributed by atoms with Crippen molar-refractivity contribution in [2.75, 3.05) is 7.11 Å². The summed E-state index contributed by atoms with van der Waals surface area (Å²) >= 11 is 5.99. The SMILES string of the molecule is COC(=O)CCn1c(=O)[nH]/c(=N\c2cc(-c3ccc(Cl)cc3)nn2C)n(Cc2ccc(C)cc2)c1=O. The molecule has 0 saturated heterocycles. The minimum Gasteiger partial charge on any atom is -0.469 e. The molecule has 0 aliphatic heterocycles. The van der Waals surface area contributed by atoms with Crippen LogP contribution in [0.4, 0.5) is 5.82 Å². The number of rotatable bonds is 7. The fourth-order valence-electron chi connectivity index (χ4n) is 3.60. The van der Waals surface area contributed by atoms with Gasteiger partial charge in [0.05, 0.1) is 25.8 Å². The van der Waals surface area contributed by atoms with Crippen LogP contribution in [-0.4, -0.2) is 37.0 Å². The molecule has 2 aromatic heterocycles. The molecule has 0 saturated carbocycles. The van der Waals surface area contributed by atoms with E-state index in [1.165, 1.54) is 11.7 Å². The lowest BCUT2D eigenvalue weighted by atomic mass is 10.1. The molecule has 0 aliphatic carbocycles. The molecular formula is C25H25ClN6O4. The zero-order chi connectivity index (χ0) is 25.8. The Kier molecular flexibility index (Phi) is 7.35. The summed E-state index contributed by atoms with van der Waals surface area (Å²) < 4.78 is 8.52. The number of hydrogen-bond acceptors (Lipinski definition) is 6. The van der Waals surface area contributed by atoms with Crippen molar-refractivity contribution in [1.29, 1.82) is 0 Å². The second kappa shape index (κ2) is 10.6. The summed E-state index contributed by atoms with van der Waals surface area (Å²) in [5, 5.41) is 5.11. The Morgan fingerprint density at radius 1 is 1.08 bits per heavy atom. The Bertz CT molecular complexity index is 1580. The van der Waals surface area contributed by atoms with Crippen LogP contribution in [0.3, 0.4) is 0 Å². The smallest absolute Gasteiger partial charge is 0.335 e. The highest BCUT2D eigenvalue weighted by atomic mass is 35.5. The molecule has 0 spiro atoms. The number of carbonyl (C=O) groups excluding carboxylic acids is 1. The average molecular weight is 509 g/mol. The van der Waals surface area contributed by atoms with Gasteiger partial charge in [-0.1, -0.05) is 53.6 Å². The maximum Gasteiger partial charge on any atom is 0.335 e. The maximum atomic E-state index is 13.4. The predicted molar refractivity (Wildman–Crippen MR) is 135 cm³/mol.